The minimum atomic E-state index is -0.000933. The van der Waals surface area contributed by atoms with Gasteiger partial charge in [0.15, 0.2) is 0 Å². The van der Waals surface area contributed by atoms with Gasteiger partial charge in [-0.15, -0.1) is 11.3 Å². The molecule has 6 aliphatic rings. The molecular formula is C48H71N5O4S. The molecule has 6 fully saturated rings. The highest BCUT2D eigenvalue weighted by atomic mass is 32.1. The molecular weight excluding hydrogens is 743 g/mol. The number of benzene rings is 2. The SMILES string of the molecule is CN1CCCN(CC2(c3ccc(OCCCN4CCCC4)cc3)CCOCC2)CC1.c1csc(C2(c3ccc(OC4CCN(C5CCC5)CC4)cc3)CCOCC2)n1. The number of likely N-dealkylation sites (N-methyl/N-ethyl adjacent to an activating group) is 1. The summed E-state index contributed by atoms with van der Waals surface area (Å²) in [5.41, 5.74) is 3.03. The quantitative estimate of drug-likeness (QED) is 0.161. The molecule has 1 aromatic heterocycles. The first-order valence-corrected chi connectivity index (χ1v) is 23.9. The van der Waals surface area contributed by atoms with Gasteiger partial charge in [-0.2, -0.15) is 0 Å². The number of hydrogen-bond acceptors (Lipinski definition) is 10. The van der Waals surface area contributed by atoms with Crippen molar-refractivity contribution in [2.75, 3.05) is 106 Å². The molecule has 0 atom stereocenters. The molecule has 5 aliphatic heterocycles. The van der Waals surface area contributed by atoms with Crippen molar-refractivity contribution in [2.24, 2.45) is 0 Å². The van der Waals surface area contributed by atoms with Crippen molar-refractivity contribution >= 4 is 11.3 Å². The number of hydrogen-bond donors (Lipinski definition) is 0. The maximum atomic E-state index is 6.34. The molecule has 6 heterocycles. The Kier molecular flexibility index (Phi) is 15.1. The molecule has 2 aromatic carbocycles. The van der Waals surface area contributed by atoms with Crippen molar-refractivity contribution in [3.05, 3.63) is 76.2 Å². The van der Waals surface area contributed by atoms with Gasteiger partial charge in [-0.25, -0.2) is 4.98 Å². The second-order valence-electron chi connectivity index (χ2n) is 18.1. The summed E-state index contributed by atoms with van der Waals surface area (Å²) in [7, 11) is 2.25. The zero-order chi connectivity index (χ0) is 39.5. The first-order valence-electron chi connectivity index (χ1n) is 23.0. The minimum absolute atomic E-state index is 0.000933. The number of aromatic nitrogens is 1. The van der Waals surface area contributed by atoms with Crippen molar-refractivity contribution in [1.29, 1.82) is 0 Å². The number of thiazole rings is 1. The smallest absolute Gasteiger partial charge is 0.119 e. The molecule has 10 heteroatoms. The molecule has 1 aliphatic carbocycles. The normalized spacial score (nSPS) is 24.0. The Morgan fingerprint density at radius 2 is 1.36 bits per heavy atom. The Morgan fingerprint density at radius 1 is 0.690 bits per heavy atom. The lowest BCUT2D eigenvalue weighted by Crippen LogP contribution is -2.46. The highest BCUT2D eigenvalue weighted by Crippen LogP contribution is 2.43. The van der Waals surface area contributed by atoms with Gasteiger partial charge in [0.05, 0.1) is 12.0 Å². The standard InChI is InChI=1S/C25H41N3O2.C23H30N2O2S/c1-26-12-4-15-28(18-17-26)22-25(10-20-29-21-11-25)23-6-8-24(9-7-23)30-19-5-16-27-13-2-3-14-27;1-2-19(3-1)25-13-8-21(9-14-25)27-20-6-4-18(5-7-20)23(10-15-26-16-11-23)22-24-12-17-28-22/h6-9H,2-5,10-22H2,1H3;4-7,12,17,19,21H,1-3,8-11,13-16H2. The number of piperidine rings is 1. The monoisotopic (exact) mass is 814 g/mol. The Bertz CT molecular complexity index is 1610. The lowest BCUT2D eigenvalue weighted by Gasteiger charge is -2.41. The molecule has 1 saturated carbocycles. The van der Waals surface area contributed by atoms with E-state index in [9.17, 15) is 0 Å². The summed E-state index contributed by atoms with van der Waals surface area (Å²) in [5.74, 6) is 2.02. The summed E-state index contributed by atoms with van der Waals surface area (Å²) in [4.78, 5) is 15.1. The second kappa shape index (κ2) is 20.8. The van der Waals surface area contributed by atoms with E-state index in [-0.39, 0.29) is 10.8 Å². The van der Waals surface area contributed by atoms with E-state index in [1.54, 1.807) is 11.3 Å². The molecule has 318 valence electrons. The fourth-order valence-electron chi connectivity index (χ4n) is 10.3. The maximum absolute atomic E-state index is 6.34. The van der Waals surface area contributed by atoms with Gasteiger partial charge in [-0.3, -0.25) is 0 Å². The summed E-state index contributed by atoms with van der Waals surface area (Å²) < 4.78 is 23.8. The van der Waals surface area contributed by atoms with Crippen LogP contribution in [0.1, 0.15) is 99.6 Å². The highest BCUT2D eigenvalue weighted by Gasteiger charge is 2.39. The van der Waals surface area contributed by atoms with E-state index in [0.29, 0.717) is 6.10 Å². The molecule has 0 radical (unpaired) electrons. The molecule has 9 rings (SSSR count). The third kappa shape index (κ3) is 10.8. The Balaban J connectivity index is 0.000000162. The molecule has 0 amide bonds. The van der Waals surface area contributed by atoms with Crippen molar-refractivity contribution in [3.8, 4) is 11.5 Å². The van der Waals surface area contributed by atoms with E-state index in [1.165, 1.54) is 114 Å². The van der Waals surface area contributed by atoms with Gasteiger partial charge in [-0.1, -0.05) is 30.7 Å². The fourth-order valence-corrected chi connectivity index (χ4v) is 11.3. The van der Waals surface area contributed by atoms with Gasteiger partial charge < -0.3 is 38.5 Å². The molecule has 5 saturated heterocycles. The number of likely N-dealkylation sites (tertiary alicyclic amines) is 2. The van der Waals surface area contributed by atoms with Gasteiger partial charge in [0.2, 0.25) is 0 Å². The molecule has 0 spiro atoms. The third-order valence-electron chi connectivity index (χ3n) is 14.3. The van der Waals surface area contributed by atoms with Crippen LogP contribution in [0.2, 0.25) is 0 Å². The van der Waals surface area contributed by atoms with Crippen LogP contribution < -0.4 is 9.47 Å². The molecule has 0 unspecified atom stereocenters. The van der Waals surface area contributed by atoms with Crippen LogP contribution in [0.15, 0.2) is 60.1 Å². The first kappa shape index (κ1) is 42.1. The van der Waals surface area contributed by atoms with Gasteiger partial charge >= 0.3 is 0 Å². The predicted molar refractivity (Wildman–Crippen MR) is 235 cm³/mol. The molecule has 58 heavy (non-hydrogen) atoms. The summed E-state index contributed by atoms with van der Waals surface area (Å²) in [6, 6.07) is 18.7. The molecule has 9 nitrogen and oxygen atoms in total. The Labute approximate surface area is 353 Å². The van der Waals surface area contributed by atoms with Crippen LogP contribution in [0.3, 0.4) is 0 Å². The summed E-state index contributed by atoms with van der Waals surface area (Å²) in [5, 5.41) is 3.30. The Hall–Kier alpha value is -2.57. The number of nitrogens with zero attached hydrogens (tertiary/aromatic N) is 5. The van der Waals surface area contributed by atoms with Crippen LogP contribution in [0.25, 0.3) is 0 Å². The zero-order valence-electron chi connectivity index (χ0n) is 35.5. The van der Waals surface area contributed by atoms with E-state index < -0.39 is 0 Å². The van der Waals surface area contributed by atoms with Crippen LogP contribution in [0.4, 0.5) is 0 Å². The molecule has 0 bridgehead atoms. The van der Waals surface area contributed by atoms with E-state index in [4.69, 9.17) is 18.9 Å². The van der Waals surface area contributed by atoms with Gasteiger partial charge in [0.1, 0.15) is 22.6 Å². The molecule has 3 aromatic rings. The maximum Gasteiger partial charge on any atom is 0.119 e. The Morgan fingerprint density at radius 3 is 2.03 bits per heavy atom. The van der Waals surface area contributed by atoms with E-state index >= 15 is 0 Å². The van der Waals surface area contributed by atoms with Crippen LogP contribution in [0.5, 0.6) is 11.5 Å². The second-order valence-corrected chi connectivity index (χ2v) is 19.0. The summed E-state index contributed by atoms with van der Waals surface area (Å²) in [6.45, 7) is 16.2. The third-order valence-corrected chi connectivity index (χ3v) is 15.3. The van der Waals surface area contributed by atoms with Crippen LogP contribution in [-0.2, 0) is 20.3 Å². The lowest BCUT2D eigenvalue weighted by molar-refractivity contribution is 0.0344. The van der Waals surface area contributed by atoms with Crippen LogP contribution in [-0.4, -0.2) is 142 Å². The highest BCUT2D eigenvalue weighted by molar-refractivity contribution is 7.09. The van der Waals surface area contributed by atoms with Crippen LogP contribution in [0, 0.1) is 0 Å². The number of rotatable bonds is 13. The van der Waals surface area contributed by atoms with E-state index in [0.717, 1.165) is 102 Å². The zero-order valence-corrected chi connectivity index (χ0v) is 36.3. The van der Waals surface area contributed by atoms with Gasteiger partial charge in [0, 0.05) is 88.7 Å². The van der Waals surface area contributed by atoms with Crippen LogP contribution >= 0.6 is 11.3 Å². The average molecular weight is 814 g/mol. The minimum Gasteiger partial charge on any atom is -0.494 e. The van der Waals surface area contributed by atoms with Crippen molar-refractivity contribution in [2.45, 2.75) is 106 Å². The fraction of sp³-hybridized carbons (Fsp3) is 0.688. The summed E-state index contributed by atoms with van der Waals surface area (Å²) in [6.07, 6.45) is 18.2. The number of ether oxygens (including phenoxy) is 4. The van der Waals surface area contributed by atoms with Gasteiger partial charge in [-0.05, 0) is 146 Å². The van der Waals surface area contributed by atoms with E-state index in [1.807, 2.05) is 6.20 Å². The largest absolute Gasteiger partial charge is 0.494 e. The average Bonchev–Trinajstić information content (AvgIpc) is 3.96. The van der Waals surface area contributed by atoms with Crippen molar-refractivity contribution in [3.63, 3.8) is 0 Å². The first-order chi connectivity index (χ1) is 28.6. The van der Waals surface area contributed by atoms with Gasteiger partial charge in [0.25, 0.3) is 0 Å². The molecule has 0 N–H and O–H groups in total. The van der Waals surface area contributed by atoms with Crippen molar-refractivity contribution in [1.82, 2.24) is 24.6 Å². The van der Waals surface area contributed by atoms with Crippen molar-refractivity contribution < 1.29 is 18.9 Å². The topological polar surface area (TPSA) is 62.8 Å². The lowest BCUT2D eigenvalue weighted by atomic mass is 9.73. The van der Waals surface area contributed by atoms with E-state index in [2.05, 4.69) is 85.5 Å². The predicted octanol–water partition coefficient (Wildman–Crippen LogP) is 7.87. The summed E-state index contributed by atoms with van der Waals surface area (Å²) >= 11 is 1.76.